The second-order valence-corrected chi connectivity index (χ2v) is 20.1. The second-order valence-electron chi connectivity index (χ2n) is 20.1. The average molecular weight is 1030 g/mol. The molecule has 0 aliphatic carbocycles. The van der Waals surface area contributed by atoms with Crippen molar-refractivity contribution in [3.8, 4) is 71.4 Å². The molecule has 0 unspecified atom stereocenters. The zero-order valence-corrected chi connectivity index (χ0v) is 45.6. The zero-order chi connectivity index (χ0) is 53.9. The first-order valence-corrected chi connectivity index (χ1v) is 27.0. The Balaban J connectivity index is -0.000000148. The summed E-state index contributed by atoms with van der Waals surface area (Å²) < 4.78 is 22.5. The van der Waals surface area contributed by atoms with E-state index in [2.05, 4.69) is 60.4 Å². The molecule has 0 atom stereocenters. The molecule has 10 nitrogen and oxygen atoms in total. The van der Waals surface area contributed by atoms with Crippen LogP contribution in [0.1, 0.15) is 192 Å². The molecule has 0 saturated carbocycles. The lowest BCUT2D eigenvalue weighted by Crippen LogP contribution is -2.42. The predicted molar refractivity (Wildman–Crippen MR) is 323 cm³/mol. The number of terminal acetylenes is 1. The van der Waals surface area contributed by atoms with E-state index in [1.54, 1.807) is 35.3 Å². The molecule has 2 amide bonds. The molecule has 0 radical (unpaired) electrons. The molecule has 2 fully saturated rings. The van der Waals surface area contributed by atoms with Crippen LogP contribution in [-0.4, -0.2) is 78.5 Å². The van der Waals surface area contributed by atoms with E-state index in [-0.39, 0.29) is 53.1 Å². The molecule has 2 aromatic carbocycles. The number of unbranched alkanes of at least 4 members (excludes halogenated alkanes) is 11. The minimum Gasteiger partial charge on any atom is -0.494 e. The van der Waals surface area contributed by atoms with Crippen LogP contribution in [0.2, 0.25) is 0 Å². The molecule has 4 rings (SSSR count). The summed E-state index contributed by atoms with van der Waals surface area (Å²) in [6.07, 6.45) is 34.3. The summed E-state index contributed by atoms with van der Waals surface area (Å²) in [5.41, 5.74) is 0.895. The summed E-state index contributed by atoms with van der Waals surface area (Å²) in [7, 11) is 0. The normalized spacial score (nSPS) is 13.8. The van der Waals surface area contributed by atoms with Crippen molar-refractivity contribution in [2.45, 2.75) is 176 Å². The van der Waals surface area contributed by atoms with Crippen LogP contribution >= 0.6 is 0 Å². The minimum atomic E-state index is -0.481. The van der Waals surface area contributed by atoms with E-state index in [0.29, 0.717) is 57.6 Å². The van der Waals surface area contributed by atoms with E-state index in [1.807, 2.05) is 88.9 Å². The highest BCUT2D eigenvalue weighted by molar-refractivity contribution is 5.92. The molecule has 2 saturated heterocycles. The SMILES string of the molecule is C#CC#CC#CC#CC#COc1ccc(/C=C/C(=O)N2CCC(OC(=O)C(C)(C)CC)CC2)cc1.CCCCCCCCCCCCCCOc1ccc(/C=C/C(=O)N2CCC(OC(=O)C(C)(C)CC)CC2)cc1.[HH].[HH].[HH].[HH].[HH].[HH].[HH].[HH].[HH].[HH].[HH].[HH]. The van der Waals surface area contributed by atoms with Gasteiger partial charge in [0.1, 0.15) is 29.8 Å². The first kappa shape index (κ1) is 61.5. The molecular weight excluding hydrogens is 925 g/mol. The molecular formula is C64H106N2O8. The van der Waals surface area contributed by atoms with Gasteiger partial charge in [0, 0.05) is 105 Å². The van der Waals surface area contributed by atoms with E-state index in [9.17, 15) is 19.2 Å². The van der Waals surface area contributed by atoms with Crippen LogP contribution < -0.4 is 9.47 Å². The monoisotopic (exact) mass is 1030 g/mol. The zero-order valence-electron chi connectivity index (χ0n) is 45.6. The maximum atomic E-state index is 12.6. The lowest BCUT2D eigenvalue weighted by molar-refractivity contribution is -0.163. The van der Waals surface area contributed by atoms with Crippen molar-refractivity contribution in [3.05, 3.63) is 71.8 Å². The highest BCUT2D eigenvalue weighted by Crippen LogP contribution is 2.27. The number of benzene rings is 2. The molecule has 420 valence electrons. The Morgan fingerprint density at radius 2 is 0.932 bits per heavy atom. The van der Waals surface area contributed by atoms with Crippen LogP contribution in [0.4, 0.5) is 0 Å². The Kier molecular flexibility index (Phi) is 29.4. The Morgan fingerprint density at radius 1 is 0.554 bits per heavy atom. The molecule has 2 heterocycles. The maximum Gasteiger partial charge on any atom is 0.311 e. The minimum absolute atomic E-state index is 0. The number of hydrogen-bond donors (Lipinski definition) is 0. The summed E-state index contributed by atoms with van der Waals surface area (Å²) in [4.78, 5) is 53.3. The van der Waals surface area contributed by atoms with Gasteiger partial charge in [-0.05, 0) is 118 Å². The number of carbonyl (C=O) groups is 4. The molecule has 10 heteroatoms. The largest absolute Gasteiger partial charge is 0.494 e. The fraction of sp³-hybridized carbons (Fsp3) is 0.531. The van der Waals surface area contributed by atoms with Gasteiger partial charge in [0.25, 0.3) is 0 Å². The van der Waals surface area contributed by atoms with E-state index >= 15 is 0 Å². The number of piperidine rings is 2. The summed E-state index contributed by atoms with van der Waals surface area (Å²) in [6, 6.07) is 15.1. The quantitative estimate of drug-likeness (QED) is 0.0418. The summed E-state index contributed by atoms with van der Waals surface area (Å²) in [6.45, 7) is 16.9. The smallest absolute Gasteiger partial charge is 0.311 e. The average Bonchev–Trinajstić information content (AvgIpc) is 3.41. The highest BCUT2D eigenvalue weighted by atomic mass is 16.5. The van der Waals surface area contributed by atoms with E-state index < -0.39 is 10.8 Å². The summed E-state index contributed by atoms with van der Waals surface area (Å²) >= 11 is 0. The lowest BCUT2D eigenvalue weighted by atomic mass is 9.90. The number of amides is 2. The fourth-order valence-corrected chi connectivity index (χ4v) is 7.60. The predicted octanol–water partition coefficient (Wildman–Crippen LogP) is 15.4. The molecule has 0 N–H and O–H groups in total. The van der Waals surface area contributed by atoms with Crippen LogP contribution in [0.5, 0.6) is 11.5 Å². The van der Waals surface area contributed by atoms with E-state index in [4.69, 9.17) is 25.4 Å². The van der Waals surface area contributed by atoms with Gasteiger partial charge < -0.3 is 28.7 Å². The van der Waals surface area contributed by atoms with Crippen LogP contribution in [-0.2, 0) is 28.7 Å². The highest BCUT2D eigenvalue weighted by Gasteiger charge is 2.33. The number of carbonyl (C=O) groups excluding carboxylic acids is 4. The van der Waals surface area contributed by atoms with Crippen molar-refractivity contribution in [1.82, 2.24) is 9.80 Å². The Hall–Kier alpha value is -6.80. The van der Waals surface area contributed by atoms with Crippen molar-refractivity contribution < 1.29 is 55.2 Å². The van der Waals surface area contributed by atoms with Crippen molar-refractivity contribution in [1.29, 1.82) is 0 Å². The molecule has 0 bridgehead atoms. The summed E-state index contributed by atoms with van der Waals surface area (Å²) in [5.74, 6) is 20.5. The number of esters is 2. The second kappa shape index (κ2) is 35.4. The van der Waals surface area contributed by atoms with Gasteiger partial charge in [0.05, 0.1) is 17.4 Å². The van der Waals surface area contributed by atoms with Crippen molar-refractivity contribution in [2.24, 2.45) is 10.8 Å². The fourth-order valence-electron chi connectivity index (χ4n) is 7.60. The van der Waals surface area contributed by atoms with Crippen LogP contribution in [0.25, 0.3) is 12.2 Å². The van der Waals surface area contributed by atoms with Gasteiger partial charge >= 0.3 is 11.9 Å². The molecule has 74 heavy (non-hydrogen) atoms. The molecule has 2 aromatic rings. The Labute approximate surface area is 463 Å². The summed E-state index contributed by atoms with van der Waals surface area (Å²) in [5, 5.41) is 0. The Morgan fingerprint density at radius 3 is 1.34 bits per heavy atom. The topological polar surface area (TPSA) is 112 Å². The van der Waals surface area contributed by atoms with Crippen LogP contribution in [0.3, 0.4) is 0 Å². The van der Waals surface area contributed by atoms with Gasteiger partial charge in [0.2, 0.25) is 11.8 Å². The van der Waals surface area contributed by atoms with Gasteiger partial charge in [-0.15, -0.1) is 6.42 Å². The first-order chi connectivity index (χ1) is 35.7. The van der Waals surface area contributed by atoms with Crippen LogP contribution in [0, 0.1) is 70.7 Å². The molecule has 0 aromatic heterocycles. The van der Waals surface area contributed by atoms with Crippen molar-refractivity contribution in [2.75, 3.05) is 32.8 Å². The van der Waals surface area contributed by atoms with Crippen LogP contribution in [0.15, 0.2) is 60.7 Å². The van der Waals surface area contributed by atoms with Crippen molar-refractivity contribution >= 4 is 35.9 Å². The van der Waals surface area contributed by atoms with Crippen molar-refractivity contribution in [3.63, 3.8) is 0 Å². The molecule has 2 aliphatic rings. The third kappa shape index (κ3) is 25.2. The third-order valence-corrected chi connectivity index (χ3v) is 13.5. The van der Waals surface area contributed by atoms with Gasteiger partial charge in [-0.1, -0.05) is 116 Å². The number of likely N-dealkylation sites (tertiary alicyclic amines) is 2. The van der Waals surface area contributed by atoms with E-state index in [1.165, 1.54) is 70.6 Å². The maximum absolute atomic E-state index is 12.6. The lowest BCUT2D eigenvalue weighted by Gasteiger charge is -2.33. The first-order valence-electron chi connectivity index (χ1n) is 27.0. The third-order valence-electron chi connectivity index (χ3n) is 13.5. The number of hydrogen-bond acceptors (Lipinski definition) is 8. The number of ether oxygens (including phenoxy) is 4. The number of nitrogens with zero attached hydrogens (tertiary/aromatic N) is 2. The Bertz CT molecular complexity index is 2450. The van der Waals surface area contributed by atoms with Gasteiger partial charge in [-0.2, -0.15) is 0 Å². The van der Waals surface area contributed by atoms with Gasteiger partial charge in [-0.3, -0.25) is 19.2 Å². The van der Waals surface area contributed by atoms with Gasteiger partial charge in [-0.25, -0.2) is 0 Å². The number of rotatable bonds is 25. The van der Waals surface area contributed by atoms with Gasteiger partial charge in [0.15, 0.2) is 0 Å². The van der Waals surface area contributed by atoms with E-state index in [0.717, 1.165) is 42.7 Å². The standard InChI is InChI=1S/C34H55NO4.C30H27NO4.12H2/c1-5-7-8-9-10-11-12-13-14-15-16-17-28-38-30-21-18-29(19-22-30)20-23-32(36)35-26-24-31(25-27-35)39-33(37)34(3,4)6-2;1-5-7-8-9-10-11-12-13-24-34-26-17-14-25(15-18-26)16-19-28(32)31-22-20-27(21-23-31)35-29(33)30(3,4)6-2;;;;;;;;;;;;/h18-23,31H,5-17,24-28H2,1-4H3;1,14-19,27H,6,20-23H2,2-4H3;12*1H/b23-20+;19-16+;;;;;;;;;;;;. The molecule has 2 aliphatic heterocycles. The molecule has 0 spiro atoms.